The molecule has 0 aliphatic heterocycles. The first-order valence-corrected chi connectivity index (χ1v) is 2.88. The maximum atomic E-state index is 8.34. The fourth-order valence-electron chi connectivity index (χ4n) is 0.480. The Bertz CT molecular complexity index is 132. The molecule has 0 aromatic rings. The molecule has 1 heteroatoms. The summed E-state index contributed by atoms with van der Waals surface area (Å²) in [5.41, 5.74) is 1.10. The summed E-state index contributed by atoms with van der Waals surface area (Å²) in [6.45, 7) is 5.59. The van der Waals surface area contributed by atoms with E-state index in [0.717, 1.165) is 5.57 Å². The summed E-state index contributed by atoms with van der Waals surface area (Å²) in [6, 6.07) is 0. The fraction of sp³-hybridized carbons (Fsp3) is 0.250. The summed E-state index contributed by atoms with van der Waals surface area (Å²) in [5.74, 6) is 0. The molecular formula is C8H12O. The highest BCUT2D eigenvalue weighted by Gasteiger charge is 1.74. The van der Waals surface area contributed by atoms with Gasteiger partial charge in [-0.25, -0.2) is 0 Å². The number of allylic oxidation sites excluding steroid dienone is 4. The van der Waals surface area contributed by atoms with Gasteiger partial charge in [-0.2, -0.15) is 0 Å². The molecule has 0 radical (unpaired) electrons. The van der Waals surface area contributed by atoms with E-state index in [1.165, 1.54) is 0 Å². The standard InChI is InChI=1S/C8H12O/c1-3-5-8(2)6-4-7-9/h3-6,9H,1,7H2,2H3. The molecule has 0 aliphatic rings. The number of aliphatic hydroxyl groups excluding tert-OH is 1. The third-order valence-electron chi connectivity index (χ3n) is 0.867. The van der Waals surface area contributed by atoms with E-state index in [4.69, 9.17) is 5.11 Å². The molecule has 9 heavy (non-hydrogen) atoms. The summed E-state index contributed by atoms with van der Waals surface area (Å²) >= 11 is 0. The Kier molecular flexibility index (Phi) is 4.83. The van der Waals surface area contributed by atoms with Gasteiger partial charge >= 0.3 is 0 Å². The van der Waals surface area contributed by atoms with E-state index >= 15 is 0 Å². The highest BCUT2D eigenvalue weighted by Crippen LogP contribution is 1.93. The van der Waals surface area contributed by atoms with Crippen molar-refractivity contribution in [2.24, 2.45) is 0 Å². The van der Waals surface area contributed by atoms with E-state index in [-0.39, 0.29) is 6.61 Å². The van der Waals surface area contributed by atoms with Crippen molar-refractivity contribution in [3.8, 4) is 0 Å². The lowest BCUT2D eigenvalue weighted by atomic mass is 10.2. The van der Waals surface area contributed by atoms with Gasteiger partial charge in [-0.15, -0.1) is 0 Å². The second-order valence-corrected chi connectivity index (χ2v) is 1.73. The largest absolute Gasteiger partial charge is 0.392 e. The summed E-state index contributed by atoms with van der Waals surface area (Å²) < 4.78 is 0. The first-order chi connectivity index (χ1) is 4.31. The van der Waals surface area contributed by atoms with Crippen molar-refractivity contribution in [3.05, 3.63) is 36.5 Å². The monoisotopic (exact) mass is 124 g/mol. The molecule has 1 N–H and O–H groups in total. The first-order valence-electron chi connectivity index (χ1n) is 2.88. The Balaban J connectivity index is 3.74. The van der Waals surface area contributed by atoms with Crippen LogP contribution in [0.15, 0.2) is 36.5 Å². The zero-order chi connectivity index (χ0) is 7.11. The summed E-state index contributed by atoms with van der Waals surface area (Å²) in [7, 11) is 0. The first kappa shape index (κ1) is 8.18. The Morgan fingerprint density at radius 2 is 2.33 bits per heavy atom. The van der Waals surface area contributed by atoms with Crippen LogP contribution in [0.5, 0.6) is 0 Å². The number of aliphatic hydroxyl groups is 1. The smallest absolute Gasteiger partial charge is 0.0615 e. The van der Waals surface area contributed by atoms with E-state index in [0.29, 0.717) is 0 Å². The van der Waals surface area contributed by atoms with E-state index in [1.54, 1.807) is 12.2 Å². The summed E-state index contributed by atoms with van der Waals surface area (Å²) in [6.07, 6.45) is 7.14. The fourth-order valence-corrected chi connectivity index (χ4v) is 0.480. The van der Waals surface area contributed by atoms with Gasteiger partial charge < -0.3 is 5.11 Å². The molecule has 0 unspecified atom stereocenters. The van der Waals surface area contributed by atoms with Crippen LogP contribution in [0.2, 0.25) is 0 Å². The molecule has 0 saturated carbocycles. The SMILES string of the molecule is C=CC=C(C)C=CCO. The molecule has 0 fully saturated rings. The van der Waals surface area contributed by atoms with Gasteiger partial charge in [-0.1, -0.05) is 36.5 Å². The molecule has 0 saturated heterocycles. The van der Waals surface area contributed by atoms with Crippen LogP contribution in [-0.2, 0) is 0 Å². The number of hydrogen-bond donors (Lipinski definition) is 1. The molecule has 0 bridgehead atoms. The highest BCUT2D eigenvalue weighted by molar-refractivity contribution is 5.20. The number of hydrogen-bond acceptors (Lipinski definition) is 1. The second-order valence-electron chi connectivity index (χ2n) is 1.73. The molecule has 0 aromatic carbocycles. The quantitative estimate of drug-likeness (QED) is 0.567. The molecule has 0 amide bonds. The lowest BCUT2D eigenvalue weighted by molar-refractivity contribution is 0.342. The molecule has 0 heterocycles. The average Bonchev–Trinajstić information content (AvgIpc) is 1.85. The third kappa shape index (κ3) is 5.04. The van der Waals surface area contributed by atoms with Crippen LogP contribution in [0.4, 0.5) is 0 Å². The molecule has 0 atom stereocenters. The zero-order valence-electron chi connectivity index (χ0n) is 5.67. The molecule has 1 nitrogen and oxygen atoms in total. The van der Waals surface area contributed by atoms with Gasteiger partial charge in [0.15, 0.2) is 0 Å². The van der Waals surface area contributed by atoms with E-state index in [9.17, 15) is 0 Å². The third-order valence-corrected chi connectivity index (χ3v) is 0.867. The maximum absolute atomic E-state index is 8.34. The van der Waals surface area contributed by atoms with Gasteiger partial charge in [-0.3, -0.25) is 0 Å². The van der Waals surface area contributed by atoms with Crippen molar-refractivity contribution in [1.29, 1.82) is 0 Å². The van der Waals surface area contributed by atoms with Crippen molar-refractivity contribution in [2.75, 3.05) is 6.61 Å². The zero-order valence-corrected chi connectivity index (χ0v) is 5.67. The van der Waals surface area contributed by atoms with Crippen LogP contribution >= 0.6 is 0 Å². The maximum Gasteiger partial charge on any atom is 0.0615 e. The second kappa shape index (κ2) is 5.32. The van der Waals surface area contributed by atoms with E-state index in [1.807, 2.05) is 19.1 Å². The number of rotatable bonds is 3. The normalized spacial score (nSPS) is 12.4. The predicted molar refractivity (Wildman–Crippen MR) is 40.2 cm³/mol. The van der Waals surface area contributed by atoms with Gasteiger partial charge in [0.1, 0.15) is 0 Å². The van der Waals surface area contributed by atoms with Crippen molar-refractivity contribution in [2.45, 2.75) is 6.92 Å². The lowest BCUT2D eigenvalue weighted by Gasteiger charge is -1.84. The minimum absolute atomic E-state index is 0.0995. The molecular weight excluding hydrogens is 112 g/mol. The van der Waals surface area contributed by atoms with Crippen LogP contribution in [0.1, 0.15) is 6.92 Å². The average molecular weight is 124 g/mol. The van der Waals surface area contributed by atoms with Gasteiger partial charge in [0.2, 0.25) is 0 Å². The molecule has 0 spiro atoms. The van der Waals surface area contributed by atoms with E-state index < -0.39 is 0 Å². The van der Waals surface area contributed by atoms with Crippen molar-refractivity contribution in [3.63, 3.8) is 0 Å². The Morgan fingerprint density at radius 1 is 1.67 bits per heavy atom. The Labute approximate surface area is 56.0 Å². The molecule has 0 aromatic heterocycles. The Hall–Kier alpha value is -0.820. The minimum Gasteiger partial charge on any atom is -0.392 e. The van der Waals surface area contributed by atoms with E-state index in [2.05, 4.69) is 6.58 Å². The van der Waals surface area contributed by atoms with Crippen LogP contribution in [0, 0.1) is 0 Å². The minimum atomic E-state index is 0.0995. The van der Waals surface area contributed by atoms with Crippen LogP contribution < -0.4 is 0 Å². The van der Waals surface area contributed by atoms with Crippen LogP contribution in [-0.4, -0.2) is 11.7 Å². The lowest BCUT2D eigenvalue weighted by Crippen LogP contribution is -1.71. The molecule has 50 valence electrons. The van der Waals surface area contributed by atoms with Crippen LogP contribution in [0.25, 0.3) is 0 Å². The van der Waals surface area contributed by atoms with Crippen LogP contribution in [0.3, 0.4) is 0 Å². The van der Waals surface area contributed by atoms with Crippen molar-refractivity contribution < 1.29 is 5.11 Å². The van der Waals surface area contributed by atoms with Gasteiger partial charge in [0.05, 0.1) is 6.61 Å². The molecule has 0 aliphatic carbocycles. The van der Waals surface area contributed by atoms with Gasteiger partial charge in [-0.05, 0) is 6.92 Å². The topological polar surface area (TPSA) is 20.2 Å². The Morgan fingerprint density at radius 3 is 2.78 bits per heavy atom. The van der Waals surface area contributed by atoms with Crippen molar-refractivity contribution >= 4 is 0 Å². The predicted octanol–water partition coefficient (Wildman–Crippen LogP) is 1.67. The van der Waals surface area contributed by atoms with Crippen molar-refractivity contribution in [1.82, 2.24) is 0 Å². The molecule has 0 rings (SSSR count). The van der Waals surface area contributed by atoms with Gasteiger partial charge in [0, 0.05) is 0 Å². The summed E-state index contributed by atoms with van der Waals surface area (Å²) in [4.78, 5) is 0. The highest BCUT2D eigenvalue weighted by atomic mass is 16.2. The van der Waals surface area contributed by atoms with Gasteiger partial charge in [0.25, 0.3) is 0 Å². The summed E-state index contributed by atoms with van der Waals surface area (Å²) in [5, 5.41) is 8.34.